The second-order valence-corrected chi connectivity index (χ2v) is 3.65. The van der Waals surface area contributed by atoms with Crippen molar-refractivity contribution in [3.63, 3.8) is 0 Å². The Kier molecular flexibility index (Phi) is 3.69. The Hall–Kier alpha value is -0.610. The van der Waals surface area contributed by atoms with Gasteiger partial charge in [-0.2, -0.15) is 0 Å². The van der Waals surface area contributed by atoms with Crippen LogP contribution in [0.25, 0.3) is 0 Å². The molecule has 1 saturated heterocycles. The molecule has 0 spiro atoms. The fourth-order valence-corrected chi connectivity index (χ4v) is 1.70. The van der Waals surface area contributed by atoms with Crippen LogP contribution in [0.3, 0.4) is 0 Å². The molecule has 0 saturated carbocycles. The van der Waals surface area contributed by atoms with Crippen molar-refractivity contribution in [3.8, 4) is 0 Å². The SMILES string of the molecule is CC(CN)C(=O)N1CCC[C@H]1CO. The molecule has 1 aliphatic heterocycles. The summed E-state index contributed by atoms with van der Waals surface area (Å²) in [7, 11) is 0. The number of nitrogens with zero attached hydrogens (tertiary/aromatic N) is 1. The van der Waals surface area contributed by atoms with Gasteiger partial charge in [-0.3, -0.25) is 4.79 Å². The minimum absolute atomic E-state index is 0.0292. The molecule has 1 heterocycles. The summed E-state index contributed by atoms with van der Waals surface area (Å²) in [4.78, 5) is 13.4. The maximum absolute atomic E-state index is 11.7. The third-order valence-electron chi connectivity index (χ3n) is 2.65. The molecule has 2 atom stereocenters. The van der Waals surface area contributed by atoms with Crippen molar-refractivity contribution in [1.82, 2.24) is 4.90 Å². The number of hydrogen-bond donors (Lipinski definition) is 2. The minimum atomic E-state index is -0.118. The fourth-order valence-electron chi connectivity index (χ4n) is 1.70. The number of rotatable bonds is 3. The molecule has 76 valence electrons. The highest BCUT2D eigenvalue weighted by atomic mass is 16.3. The second-order valence-electron chi connectivity index (χ2n) is 3.65. The summed E-state index contributed by atoms with van der Waals surface area (Å²) in [5, 5.41) is 9.01. The first-order valence-corrected chi connectivity index (χ1v) is 4.82. The quantitative estimate of drug-likeness (QED) is 0.628. The number of carbonyl (C=O) groups is 1. The molecule has 0 aliphatic carbocycles. The molecule has 1 amide bonds. The highest BCUT2D eigenvalue weighted by Gasteiger charge is 2.29. The van der Waals surface area contributed by atoms with Crippen LogP contribution < -0.4 is 5.73 Å². The first-order valence-electron chi connectivity index (χ1n) is 4.82. The largest absolute Gasteiger partial charge is 0.394 e. The highest BCUT2D eigenvalue weighted by molar-refractivity contribution is 5.79. The Labute approximate surface area is 78.7 Å². The van der Waals surface area contributed by atoms with Crippen molar-refractivity contribution < 1.29 is 9.90 Å². The number of amides is 1. The van der Waals surface area contributed by atoms with Crippen LogP contribution in [0.5, 0.6) is 0 Å². The lowest BCUT2D eigenvalue weighted by Crippen LogP contribution is -2.42. The lowest BCUT2D eigenvalue weighted by Gasteiger charge is -2.25. The van der Waals surface area contributed by atoms with Gasteiger partial charge in [-0.05, 0) is 12.8 Å². The third kappa shape index (κ3) is 2.19. The lowest BCUT2D eigenvalue weighted by atomic mass is 10.1. The van der Waals surface area contributed by atoms with Crippen LogP contribution in [0, 0.1) is 5.92 Å². The molecule has 0 aromatic heterocycles. The van der Waals surface area contributed by atoms with Gasteiger partial charge in [0.2, 0.25) is 5.91 Å². The summed E-state index contributed by atoms with van der Waals surface area (Å²) < 4.78 is 0. The van der Waals surface area contributed by atoms with Gasteiger partial charge >= 0.3 is 0 Å². The van der Waals surface area contributed by atoms with Crippen molar-refractivity contribution in [3.05, 3.63) is 0 Å². The van der Waals surface area contributed by atoms with Gasteiger partial charge in [-0.15, -0.1) is 0 Å². The number of aliphatic hydroxyl groups is 1. The van der Waals surface area contributed by atoms with Crippen LogP contribution in [-0.4, -0.2) is 41.7 Å². The normalized spacial score (nSPS) is 24.8. The van der Waals surface area contributed by atoms with Gasteiger partial charge in [0.05, 0.1) is 12.6 Å². The fraction of sp³-hybridized carbons (Fsp3) is 0.889. The van der Waals surface area contributed by atoms with Crippen LogP contribution in [0.15, 0.2) is 0 Å². The monoisotopic (exact) mass is 186 g/mol. The Bertz CT molecular complexity index is 184. The molecule has 1 fully saturated rings. The maximum Gasteiger partial charge on any atom is 0.227 e. The van der Waals surface area contributed by atoms with E-state index in [9.17, 15) is 4.79 Å². The Morgan fingerprint density at radius 3 is 3.00 bits per heavy atom. The van der Waals surface area contributed by atoms with Crippen LogP contribution >= 0.6 is 0 Å². The van der Waals surface area contributed by atoms with Gasteiger partial charge in [0.25, 0.3) is 0 Å². The predicted molar refractivity (Wildman–Crippen MR) is 50.0 cm³/mol. The first kappa shape index (κ1) is 10.5. The van der Waals surface area contributed by atoms with E-state index in [2.05, 4.69) is 0 Å². The Morgan fingerprint density at radius 2 is 2.46 bits per heavy atom. The topological polar surface area (TPSA) is 66.6 Å². The van der Waals surface area contributed by atoms with Crippen LogP contribution in [0.1, 0.15) is 19.8 Å². The van der Waals surface area contributed by atoms with E-state index in [1.54, 1.807) is 4.90 Å². The van der Waals surface area contributed by atoms with Crippen LogP contribution in [-0.2, 0) is 4.79 Å². The summed E-state index contributed by atoms with van der Waals surface area (Å²) in [6.45, 7) is 3.06. The van der Waals surface area contributed by atoms with E-state index in [0.29, 0.717) is 6.54 Å². The van der Waals surface area contributed by atoms with Crippen LogP contribution in [0.4, 0.5) is 0 Å². The first-order chi connectivity index (χ1) is 6.20. The standard InChI is InChI=1S/C9H18N2O2/c1-7(5-10)9(13)11-4-2-3-8(11)6-12/h7-8,12H,2-6,10H2,1H3/t7?,8-/m0/s1. The Balaban J connectivity index is 2.54. The molecular weight excluding hydrogens is 168 g/mol. The molecule has 0 bridgehead atoms. The molecule has 4 heteroatoms. The number of nitrogens with two attached hydrogens (primary N) is 1. The molecular formula is C9H18N2O2. The van der Waals surface area contributed by atoms with Gasteiger partial charge in [-0.25, -0.2) is 0 Å². The van der Waals surface area contributed by atoms with E-state index in [1.807, 2.05) is 6.92 Å². The van der Waals surface area contributed by atoms with Gasteiger partial charge in [0.1, 0.15) is 0 Å². The average molecular weight is 186 g/mol. The van der Waals surface area contributed by atoms with E-state index in [0.717, 1.165) is 19.4 Å². The van der Waals surface area contributed by atoms with Crippen molar-refractivity contribution >= 4 is 5.91 Å². The predicted octanol–water partition coefficient (Wildman–Crippen LogP) is -0.435. The van der Waals surface area contributed by atoms with Gasteiger partial charge in [0, 0.05) is 19.0 Å². The summed E-state index contributed by atoms with van der Waals surface area (Å²) in [6, 6.07) is 0.0292. The highest BCUT2D eigenvalue weighted by Crippen LogP contribution is 2.18. The van der Waals surface area contributed by atoms with Crippen molar-refractivity contribution in [1.29, 1.82) is 0 Å². The molecule has 4 nitrogen and oxygen atoms in total. The van der Waals surface area contributed by atoms with E-state index >= 15 is 0 Å². The summed E-state index contributed by atoms with van der Waals surface area (Å²) >= 11 is 0. The summed E-state index contributed by atoms with van der Waals surface area (Å²) in [5.74, 6) is -0.0359. The zero-order chi connectivity index (χ0) is 9.84. The van der Waals surface area contributed by atoms with Crippen LogP contribution in [0.2, 0.25) is 0 Å². The summed E-state index contributed by atoms with van der Waals surface area (Å²) in [5.41, 5.74) is 5.42. The molecule has 0 aromatic carbocycles. The van der Waals surface area contributed by atoms with E-state index in [4.69, 9.17) is 10.8 Å². The molecule has 3 N–H and O–H groups in total. The lowest BCUT2D eigenvalue weighted by molar-refractivity contribution is -0.136. The minimum Gasteiger partial charge on any atom is -0.394 e. The zero-order valence-electron chi connectivity index (χ0n) is 8.07. The van der Waals surface area contributed by atoms with E-state index < -0.39 is 0 Å². The van der Waals surface area contributed by atoms with Crippen molar-refractivity contribution in [2.24, 2.45) is 11.7 Å². The van der Waals surface area contributed by atoms with Gasteiger partial charge in [0.15, 0.2) is 0 Å². The number of hydrogen-bond acceptors (Lipinski definition) is 3. The molecule has 13 heavy (non-hydrogen) atoms. The zero-order valence-corrected chi connectivity index (χ0v) is 8.07. The van der Waals surface area contributed by atoms with Crippen molar-refractivity contribution in [2.45, 2.75) is 25.8 Å². The van der Waals surface area contributed by atoms with E-state index in [1.165, 1.54) is 0 Å². The molecule has 1 aliphatic rings. The number of likely N-dealkylation sites (tertiary alicyclic amines) is 1. The number of carbonyl (C=O) groups excluding carboxylic acids is 1. The molecule has 0 radical (unpaired) electrons. The molecule has 0 aromatic rings. The van der Waals surface area contributed by atoms with Gasteiger partial charge in [-0.1, -0.05) is 6.92 Å². The van der Waals surface area contributed by atoms with Crippen molar-refractivity contribution in [2.75, 3.05) is 19.7 Å². The van der Waals surface area contributed by atoms with E-state index in [-0.39, 0.29) is 24.5 Å². The van der Waals surface area contributed by atoms with Gasteiger partial charge < -0.3 is 15.7 Å². The third-order valence-corrected chi connectivity index (χ3v) is 2.65. The molecule has 1 rings (SSSR count). The average Bonchev–Trinajstić information content (AvgIpc) is 2.62. The Morgan fingerprint density at radius 1 is 1.77 bits per heavy atom. The second kappa shape index (κ2) is 4.58. The maximum atomic E-state index is 11.7. The smallest absolute Gasteiger partial charge is 0.227 e. The molecule has 1 unspecified atom stereocenters. The summed E-state index contributed by atoms with van der Waals surface area (Å²) in [6.07, 6.45) is 1.91. The number of aliphatic hydroxyl groups excluding tert-OH is 1.